The van der Waals surface area contributed by atoms with Crippen LogP contribution in [0.4, 0.5) is 5.69 Å². The number of nitrogens with two attached hydrogens (primary N) is 1. The molecule has 2 unspecified atom stereocenters. The van der Waals surface area contributed by atoms with E-state index in [-0.39, 0.29) is 5.91 Å². The van der Waals surface area contributed by atoms with E-state index < -0.39 is 0 Å². The highest BCUT2D eigenvalue weighted by molar-refractivity contribution is 5.79. The van der Waals surface area contributed by atoms with Crippen molar-refractivity contribution in [3.05, 3.63) is 29.8 Å². The van der Waals surface area contributed by atoms with Crippen LogP contribution in [-0.2, 0) is 11.2 Å². The van der Waals surface area contributed by atoms with Gasteiger partial charge in [0.25, 0.3) is 0 Å². The summed E-state index contributed by atoms with van der Waals surface area (Å²) < 4.78 is 0. The average molecular weight is 246 g/mol. The van der Waals surface area contributed by atoms with E-state index in [0.29, 0.717) is 24.1 Å². The third-order valence-corrected chi connectivity index (χ3v) is 3.77. The number of benzene rings is 1. The molecule has 2 atom stereocenters. The highest BCUT2D eigenvalue weighted by Crippen LogP contribution is 2.23. The molecule has 1 aliphatic carbocycles. The van der Waals surface area contributed by atoms with Gasteiger partial charge in [-0.3, -0.25) is 4.79 Å². The van der Waals surface area contributed by atoms with Gasteiger partial charge in [0.1, 0.15) is 0 Å². The Kier molecular flexibility index (Phi) is 4.24. The maximum atomic E-state index is 12.0. The van der Waals surface area contributed by atoms with Crippen LogP contribution in [0.15, 0.2) is 24.3 Å². The summed E-state index contributed by atoms with van der Waals surface area (Å²) in [5.74, 6) is 0.711. The maximum absolute atomic E-state index is 12.0. The van der Waals surface area contributed by atoms with Gasteiger partial charge in [-0.1, -0.05) is 31.9 Å². The van der Waals surface area contributed by atoms with Crippen LogP contribution in [0, 0.1) is 5.92 Å². The van der Waals surface area contributed by atoms with Gasteiger partial charge in [-0.2, -0.15) is 0 Å². The standard InChI is InChI=1S/C15H22N2O/c1-11-5-2-3-8-14(11)17-15(18)10-12-6-4-7-13(16)9-12/h4,6-7,9,11,14H,2-3,5,8,10,16H2,1H3,(H,17,18). The second-order valence-electron chi connectivity index (χ2n) is 5.36. The van der Waals surface area contributed by atoms with E-state index in [9.17, 15) is 4.79 Å². The van der Waals surface area contributed by atoms with Crippen molar-refractivity contribution < 1.29 is 4.79 Å². The minimum Gasteiger partial charge on any atom is -0.399 e. The molecule has 0 saturated heterocycles. The van der Waals surface area contributed by atoms with Crippen molar-refractivity contribution in [2.75, 3.05) is 5.73 Å². The number of anilines is 1. The van der Waals surface area contributed by atoms with Crippen LogP contribution in [0.2, 0.25) is 0 Å². The third-order valence-electron chi connectivity index (χ3n) is 3.77. The first-order valence-corrected chi connectivity index (χ1v) is 6.79. The summed E-state index contributed by atoms with van der Waals surface area (Å²) in [4.78, 5) is 12.0. The van der Waals surface area contributed by atoms with Crippen molar-refractivity contribution in [3.63, 3.8) is 0 Å². The summed E-state index contributed by atoms with van der Waals surface area (Å²) >= 11 is 0. The minimum absolute atomic E-state index is 0.111. The molecule has 1 aromatic rings. The summed E-state index contributed by atoms with van der Waals surface area (Å²) in [5, 5.41) is 3.16. The summed E-state index contributed by atoms with van der Waals surface area (Å²) in [7, 11) is 0. The lowest BCUT2D eigenvalue weighted by Crippen LogP contribution is -2.41. The molecule has 1 amide bonds. The van der Waals surface area contributed by atoms with E-state index in [1.807, 2.05) is 24.3 Å². The molecule has 0 aliphatic heterocycles. The summed E-state index contributed by atoms with van der Waals surface area (Å²) in [6, 6.07) is 7.89. The number of hydrogen-bond acceptors (Lipinski definition) is 2. The Morgan fingerprint density at radius 2 is 2.17 bits per heavy atom. The van der Waals surface area contributed by atoms with Gasteiger partial charge in [-0.05, 0) is 36.5 Å². The Balaban J connectivity index is 1.88. The van der Waals surface area contributed by atoms with Gasteiger partial charge in [0.15, 0.2) is 0 Å². The summed E-state index contributed by atoms with van der Waals surface area (Å²) in [6.07, 6.45) is 5.29. The van der Waals surface area contributed by atoms with E-state index >= 15 is 0 Å². The van der Waals surface area contributed by atoms with E-state index in [1.165, 1.54) is 19.3 Å². The van der Waals surface area contributed by atoms with Gasteiger partial charge in [-0.25, -0.2) is 0 Å². The Morgan fingerprint density at radius 1 is 1.39 bits per heavy atom. The smallest absolute Gasteiger partial charge is 0.224 e. The largest absolute Gasteiger partial charge is 0.399 e. The zero-order valence-electron chi connectivity index (χ0n) is 11.0. The Bertz CT molecular complexity index is 417. The van der Waals surface area contributed by atoms with Crippen molar-refractivity contribution in [1.82, 2.24) is 5.32 Å². The van der Waals surface area contributed by atoms with Crippen molar-refractivity contribution in [2.24, 2.45) is 5.92 Å². The zero-order valence-corrected chi connectivity index (χ0v) is 11.0. The molecule has 0 aromatic heterocycles. The topological polar surface area (TPSA) is 55.1 Å². The zero-order chi connectivity index (χ0) is 13.0. The van der Waals surface area contributed by atoms with Gasteiger partial charge in [0.2, 0.25) is 5.91 Å². The molecular weight excluding hydrogens is 224 g/mol. The highest BCUT2D eigenvalue weighted by Gasteiger charge is 2.22. The molecule has 3 heteroatoms. The Hall–Kier alpha value is -1.51. The molecule has 18 heavy (non-hydrogen) atoms. The first kappa shape index (κ1) is 12.9. The molecule has 1 aliphatic rings. The average Bonchev–Trinajstić information content (AvgIpc) is 2.32. The van der Waals surface area contributed by atoms with Crippen molar-refractivity contribution >= 4 is 11.6 Å². The third kappa shape index (κ3) is 3.49. The van der Waals surface area contributed by atoms with E-state index in [2.05, 4.69) is 12.2 Å². The van der Waals surface area contributed by atoms with E-state index in [4.69, 9.17) is 5.73 Å². The first-order valence-electron chi connectivity index (χ1n) is 6.79. The number of hydrogen-bond donors (Lipinski definition) is 2. The molecule has 1 aromatic carbocycles. The predicted molar refractivity (Wildman–Crippen MR) is 74.1 cm³/mol. The van der Waals surface area contributed by atoms with Crippen LogP contribution < -0.4 is 11.1 Å². The van der Waals surface area contributed by atoms with Crippen LogP contribution >= 0.6 is 0 Å². The Labute approximate surface area is 109 Å². The predicted octanol–water partition coefficient (Wildman–Crippen LogP) is 2.51. The minimum atomic E-state index is 0.111. The summed E-state index contributed by atoms with van der Waals surface area (Å²) in [6.45, 7) is 2.23. The van der Waals surface area contributed by atoms with Crippen LogP contribution in [0.3, 0.4) is 0 Å². The number of amides is 1. The van der Waals surface area contributed by atoms with Crippen LogP contribution in [-0.4, -0.2) is 11.9 Å². The maximum Gasteiger partial charge on any atom is 0.224 e. The van der Waals surface area contributed by atoms with Gasteiger partial charge in [-0.15, -0.1) is 0 Å². The molecule has 3 nitrogen and oxygen atoms in total. The quantitative estimate of drug-likeness (QED) is 0.805. The van der Waals surface area contributed by atoms with Gasteiger partial charge >= 0.3 is 0 Å². The van der Waals surface area contributed by atoms with Gasteiger partial charge in [0, 0.05) is 11.7 Å². The number of rotatable bonds is 3. The SMILES string of the molecule is CC1CCCCC1NC(=O)Cc1cccc(N)c1. The van der Waals surface area contributed by atoms with Gasteiger partial charge in [0.05, 0.1) is 6.42 Å². The normalized spacial score (nSPS) is 23.6. The lowest BCUT2D eigenvalue weighted by atomic mass is 9.86. The number of carbonyl (C=O) groups is 1. The lowest BCUT2D eigenvalue weighted by Gasteiger charge is -2.29. The summed E-state index contributed by atoms with van der Waals surface area (Å²) in [5.41, 5.74) is 7.41. The molecule has 0 spiro atoms. The second kappa shape index (κ2) is 5.89. The molecule has 1 saturated carbocycles. The molecule has 0 heterocycles. The van der Waals surface area contributed by atoms with Crippen molar-refractivity contribution in [1.29, 1.82) is 0 Å². The van der Waals surface area contributed by atoms with E-state index in [1.54, 1.807) is 0 Å². The van der Waals surface area contributed by atoms with Crippen LogP contribution in [0.25, 0.3) is 0 Å². The highest BCUT2D eigenvalue weighted by atomic mass is 16.1. The number of carbonyl (C=O) groups excluding carboxylic acids is 1. The fourth-order valence-corrected chi connectivity index (χ4v) is 2.68. The fraction of sp³-hybridized carbons (Fsp3) is 0.533. The molecule has 1 fully saturated rings. The van der Waals surface area contributed by atoms with Crippen molar-refractivity contribution in [3.8, 4) is 0 Å². The number of nitrogens with one attached hydrogen (secondary N) is 1. The molecular formula is C15H22N2O. The van der Waals surface area contributed by atoms with Gasteiger partial charge < -0.3 is 11.1 Å². The lowest BCUT2D eigenvalue weighted by molar-refractivity contribution is -0.121. The molecule has 3 N–H and O–H groups in total. The molecule has 98 valence electrons. The van der Waals surface area contributed by atoms with E-state index in [0.717, 1.165) is 12.0 Å². The monoisotopic (exact) mass is 246 g/mol. The molecule has 2 rings (SSSR count). The molecule has 0 radical (unpaired) electrons. The van der Waals surface area contributed by atoms with Crippen LogP contribution in [0.5, 0.6) is 0 Å². The Morgan fingerprint density at radius 3 is 2.89 bits per heavy atom. The molecule has 0 bridgehead atoms. The second-order valence-corrected chi connectivity index (χ2v) is 5.36. The van der Waals surface area contributed by atoms with Crippen molar-refractivity contribution in [2.45, 2.75) is 45.1 Å². The first-order chi connectivity index (χ1) is 8.65. The van der Waals surface area contributed by atoms with Crippen LogP contribution in [0.1, 0.15) is 38.2 Å². The number of nitrogen functional groups attached to an aromatic ring is 1. The fourth-order valence-electron chi connectivity index (χ4n) is 2.68.